The van der Waals surface area contributed by atoms with Crippen molar-refractivity contribution in [2.24, 2.45) is 11.7 Å². The lowest BCUT2D eigenvalue weighted by molar-refractivity contribution is 0.0777. The molecule has 1 aliphatic rings. The van der Waals surface area contributed by atoms with Crippen LogP contribution in [0.2, 0.25) is 25.7 Å². The normalized spacial score (nSPS) is 19.9. The summed E-state index contributed by atoms with van der Waals surface area (Å²) < 4.78 is 8.40. The van der Waals surface area contributed by atoms with Crippen LogP contribution in [-0.2, 0) is 11.5 Å². The van der Waals surface area contributed by atoms with Crippen LogP contribution < -0.4 is 5.73 Å². The van der Waals surface area contributed by atoms with Crippen molar-refractivity contribution < 1.29 is 4.74 Å². The molecule has 0 spiro atoms. The lowest BCUT2D eigenvalue weighted by Gasteiger charge is -2.28. The highest BCUT2D eigenvalue weighted by Gasteiger charge is 2.27. The standard InChI is InChI=1S/C22H33N3OSSi/c1-28(2,3)14-13-26-17-25-21(20-12-8-7-9-18(20)15-23)16-24-22(25)27-19-10-5-4-6-11-19/h4-8,10-11,16,18,20H,9,12-15,17,23H2,1-3H3/t18-,20+/m1/s1. The Morgan fingerprint density at radius 3 is 2.64 bits per heavy atom. The molecule has 0 radical (unpaired) electrons. The van der Waals surface area contributed by atoms with E-state index in [1.807, 2.05) is 12.3 Å². The molecular formula is C22H33N3OSSi. The number of ether oxygens (including phenoxy) is 1. The van der Waals surface area contributed by atoms with Gasteiger partial charge in [-0.05, 0) is 43.5 Å². The van der Waals surface area contributed by atoms with Gasteiger partial charge in [0.25, 0.3) is 0 Å². The average Bonchev–Trinajstić information content (AvgIpc) is 3.07. The zero-order valence-electron chi connectivity index (χ0n) is 17.3. The molecule has 152 valence electrons. The molecule has 0 saturated carbocycles. The number of hydrogen-bond acceptors (Lipinski definition) is 4. The molecule has 0 fully saturated rings. The highest BCUT2D eigenvalue weighted by atomic mass is 32.2. The third-order valence-electron chi connectivity index (χ3n) is 5.27. The highest BCUT2D eigenvalue weighted by molar-refractivity contribution is 7.99. The summed E-state index contributed by atoms with van der Waals surface area (Å²) in [6, 6.07) is 11.6. The number of nitrogens with two attached hydrogens (primary N) is 1. The average molecular weight is 416 g/mol. The zero-order valence-corrected chi connectivity index (χ0v) is 19.1. The van der Waals surface area contributed by atoms with Gasteiger partial charge in [-0.1, -0.05) is 61.8 Å². The van der Waals surface area contributed by atoms with Crippen LogP contribution in [0, 0.1) is 5.92 Å². The number of imidazole rings is 1. The van der Waals surface area contributed by atoms with E-state index in [4.69, 9.17) is 15.5 Å². The molecule has 2 aromatic rings. The Labute approximate surface area is 174 Å². The second-order valence-corrected chi connectivity index (χ2v) is 15.4. The molecule has 0 aliphatic heterocycles. The van der Waals surface area contributed by atoms with E-state index in [-0.39, 0.29) is 0 Å². The zero-order chi connectivity index (χ0) is 20.0. The molecule has 0 unspecified atom stereocenters. The van der Waals surface area contributed by atoms with Crippen molar-refractivity contribution in [2.75, 3.05) is 13.2 Å². The van der Waals surface area contributed by atoms with Crippen LogP contribution in [0.4, 0.5) is 0 Å². The molecule has 0 bridgehead atoms. The predicted octanol–water partition coefficient (Wildman–Crippen LogP) is 5.36. The first-order chi connectivity index (χ1) is 13.5. The Morgan fingerprint density at radius 2 is 1.93 bits per heavy atom. The van der Waals surface area contributed by atoms with Crippen molar-refractivity contribution in [1.29, 1.82) is 0 Å². The van der Waals surface area contributed by atoms with Gasteiger partial charge in [-0.2, -0.15) is 0 Å². The van der Waals surface area contributed by atoms with Crippen molar-refractivity contribution in [1.82, 2.24) is 9.55 Å². The van der Waals surface area contributed by atoms with E-state index >= 15 is 0 Å². The third-order valence-corrected chi connectivity index (χ3v) is 7.99. The Hall–Kier alpha value is -1.34. The van der Waals surface area contributed by atoms with Gasteiger partial charge in [0, 0.05) is 37.4 Å². The van der Waals surface area contributed by atoms with Crippen molar-refractivity contribution >= 4 is 19.8 Å². The van der Waals surface area contributed by atoms with Crippen molar-refractivity contribution in [3.63, 3.8) is 0 Å². The Balaban J connectivity index is 1.81. The van der Waals surface area contributed by atoms with Gasteiger partial charge in [0.2, 0.25) is 0 Å². The molecule has 28 heavy (non-hydrogen) atoms. The maximum Gasteiger partial charge on any atom is 0.174 e. The Bertz CT molecular complexity index is 770. The summed E-state index contributed by atoms with van der Waals surface area (Å²) in [6.45, 7) is 9.24. The topological polar surface area (TPSA) is 53.1 Å². The van der Waals surface area contributed by atoms with Gasteiger partial charge in [0.1, 0.15) is 6.73 Å². The smallest absolute Gasteiger partial charge is 0.174 e. The van der Waals surface area contributed by atoms with Crippen LogP contribution in [0.3, 0.4) is 0 Å². The molecule has 6 heteroatoms. The third kappa shape index (κ3) is 5.83. The minimum atomic E-state index is -1.10. The summed E-state index contributed by atoms with van der Waals surface area (Å²) in [4.78, 5) is 5.97. The van der Waals surface area contributed by atoms with Crippen LogP contribution in [0.5, 0.6) is 0 Å². The van der Waals surface area contributed by atoms with Crippen molar-refractivity contribution in [2.45, 2.75) is 61.2 Å². The molecule has 1 aromatic heterocycles. The molecule has 1 aliphatic carbocycles. The molecule has 3 rings (SSSR count). The lowest BCUT2D eigenvalue weighted by atomic mass is 9.81. The minimum absolute atomic E-state index is 0.410. The number of rotatable bonds is 9. The minimum Gasteiger partial charge on any atom is -0.361 e. The fourth-order valence-corrected chi connectivity index (χ4v) is 5.13. The van der Waals surface area contributed by atoms with E-state index in [1.54, 1.807) is 11.8 Å². The molecule has 2 atom stereocenters. The Kier molecular flexibility index (Phi) is 7.57. The van der Waals surface area contributed by atoms with Crippen LogP contribution in [-0.4, -0.2) is 30.8 Å². The molecular weight excluding hydrogens is 382 g/mol. The van der Waals surface area contributed by atoms with Gasteiger partial charge in [-0.3, -0.25) is 4.57 Å². The van der Waals surface area contributed by atoms with Gasteiger partial charge in [0.05, 0.1) is 0 Å². The maximum atomic E-state index is 6.13. The van der Waals surface area contributed by atoms with Crippen LogP contribution in [0.25, 0.3) is 0 Å². The summed E-state index contributed by atoms with van der Waals surface area (Å²) in [5.41, 5.74) is 7.34. The fraction of sp³-hybridized carbons (Fsp3) is 0.500. The first kappa shape index (κ1) is 21.4. The largest absolute Gasteiger partial charge is 0.361 e. The lowest BCUT2D eigenvalue weighted by Crippen LogP contribution is -2.26. The number of allylic oxidation sites excluding steroid dienone is 2. The molecule has 2 N–H and O–H groups in total. The summed E-state index contributed by atoms with van der Waals surface area (Å²) >= 11 is 1.70. The number of hydrogen-bond donors (Lipinski definition) is 1. The Morgan fingerprint density at radius 1 is 1.18 bits per heavy atom. The molecule has 0 saturated heterocycles. The monoisotopic (exact) mass is 415 g/mol. The van der Waals surface area contributed by atoms with Crippen LogP contribution >= 0.6 is 11.8 Å². The second kappa shape index (κ2) is 9.92. The quantitative estimate of drug-likeness (QED) is 0.340. The fourth-order valence-electron chi connectivity index (χ4n) is 3.50. The number of aromatic nitrogens is 2. The van der Waals surface area contributed by atoms with Gasteiger partial charge in [-0.25, -0.2) is 4.98 Å². The summed E-state index contributed by atoms with van der Waals surface area (Å²) in [5, 5.41) is 1.000. The van der Waals surface area contributed by atoms with Gasteiger partial charge >= 0.3 is 0 Å². The van der Waals surface area contributed by atoms with Crippen molar-refractivity contribution in [3.8, 4) is 0 Å². The van der Waals surface area contributed by atoms with Crippen molar-refractivity contribution in [3.05, 3.63) is 54.4 Å². The number of nitrogens with zero attached hydrogens (tertiary/aromatic N) is 2. The van der Waals surface area contributed by atoms with Crippen LogP contribution in [0.15, 0.2) is 58.7 Å². The van der Waals surface area contributed by atoms with E-state index in [1.165, 1.54) is 16.6 Å². The molecule has 1 heterocycles. The van der Waals surface area contributed by atoms with E-state index < -0.39 is 8.07 Å². The summed E-state index contributed by atoms with van der Waals surface area (Å²) in [7, 11) is -1.10. The van der Waals surface area contributed by atoms with E-state index in [0.717, 1.165) is 24.6 Å². The van der Waals surface area contributed by atoms with E-state index in [0.29, 0.717) is 25.1 Å². The first-order valence-electron chi connectivity index (χ1n) is 10.2. The second-order valence-electron chi connectivity index (χ2n) is 8.70. The van der Waals surface area contributed by atoms with Gasteiger partial charge in [-0.15, -0.1) is 0 Å². The summed E-state index contributed by atoms with van der Waals surface area (Å²) in [5.74, 6) is 0.880. The van der Waals surface area contributed by atoms with Crippen LogP contribution in [0.1, 0.15) is 24.5 Å². The van der Waals surface area contributed by atoms with Gasteiger partial charge in [0.15, 0.2) is 5.16 Å². The van der Waals surface area contributed by atoms with Gasteiger partial charge < -0.3 is 10.5 Å². The maximum absolute atomic E-state index is 6.13. The molecule has 4 nitrogen and oxygen atoms in total. The highest BCUT2D eigenvalue weighted by Crippen LogP contribution is 2.37. The SMILES string of the molecule is C[Si](C)(C)CCOCn1c([C@H]2CC=CC[C@@H]2CN)cnc1Sc1ccccc1. The van der Waals surface area contributed by atoms with E-state index in [2.05, 4.69) is 60.6 Å². The molecule has 0 amide bonds. The molecule has 1 aromatic carbocycles. The first-order valence-corrected chi connectivity index (χ1v) is 14.7. The van der Waals surface area contributed by atoms with E-state index in [9.17, 15) is 0 Å². The number of benzene rings is 1. The summed E-state index contributed by atoms with van der Waals surface area (Å²) in [6.07, 6.45) is 8.66. The predicted molar refractivity (Wildman–Crippen MR) is 121 cm³/mol.